The Bertz CT molecular complexity index is 615. The summed E-state index contributed by atoms with van der Waals surface area (Å²) >= 11 is 3.10. The Balaban J connectivity index is 2.29. The third kappa shape index (κ3) is 3.90. The quantitative estimate of drug-likeness (QED) is 0.632. The molecule has 0 heterocycles. The first-order valence-electron chi connectivity index (χ1n) is 6.61. The van der Waals surface area contributed by atoms with Gasteiger partial charge < -0.3 is 9.05 Å². The van der Waals surface area contributed by atoms with Gasteiger partial charge in [0, 0.05) is 0 Å². The van der Waals surface area contributed by atoms with E-state index in [9.17, 15) is 4.57 Å². The van der Waals surface area contributed by atoms with E-state index < -0.39 is 6.30 Å². The van der Waals surface area contributed by atoms with Gasteiger partial charge in [-0.15, -0.1) is 0 Å². The van der Waals surface area contributed by atoms with Crippen LogP contribution in [0, 0.1) is 27.7 Å². The zero-order valence-electron chi connectivity index (χ0n) is 12.5. The van der Waals surface area contributed by atoms with Crippen molar-refractivity contribution in [1.82, 2.24) is 0 Å². The van der Waals surface area contributed by atoms with Crippen LogP contribution in [-0.4, -0.2) is 0 Å². The molecule has 0 amide bonds. The lowest BCUT2D eigenvalue weighted by molar-refractivity contribution is 0.405. The molecule has 0 fully saturated rings. The molecule has 0 bridgehead atoms. The Morgan fingerprint density at radius 2 is 1.05 bits per heavy atom. The second kappa shape index (κ2) is 6.25. The number of hydrogen-bond acceptors (Lipinski definition) is 3. The summed E-state index contributed by atoms with van der Waals surface area (Å²) in [7, 11) is 0. The molecule has 0 saturated carbocycles. The minimum absolute atomic E-state index is 0.587. The minimum Gasteiger partial charge on any atom is -0.408 e. The lowest BCUT2D eigenvalue weighted by Gasteiger charge is -2.19. The Kier molecular flexibility index (Phi) is 4.80. The van der Waals surface area contributed by atoms with Crippen molar-refractivity contribution in [1.29, 1.82) is 0 Å². The summed E-state index contributed by atoms with van der Waals surface area (Å²) < 4.78 is 23.9. The topological polar surface area (TPSA) is 35.5 Å². The molecule has 3 nitrogen and oxygen atoms in total. The van der Waals surface area contributed by atoms with E-state index in [-0.39, 0.29) is 0 Å². The number of para-hydroxylation sites is 2. The van der Waals surface area contributed by atoms with Gasteiger partial charge >= 0.3 is 6.30 Å². The first-order valence-corrected chi connectivity index (χ1v) is 10.2. The zero-order chi connectivity index (χ0) is 15.6. The standard InChI is InChI=1S/C16H18BrO3P/c1-11-7-5-8-12(2)15(11)19-21(17,18)20-16-13(3)9-6-10-14(16)4/h5-10H,1-4H3. The van der Waals surface area contributed by atoms with Crippen LogP contribution in [0.25, 0.3) is 0 Å². The molecular formula is C16H18BrO3P. The summed E-state index contributed by atoms with van der Waals surface area (Å²) in [6.45, 7) is 7.64. The molecule has 112 valence electrons. The molecule has 2 aromatic rings. The maximum atomic E-state index is 12.6. The van der Waals surface area contributed by atoms with Crippen LogP contribution in [0.3, 0.4) is 0 Å². The molecule has 21 heavy (non-hydrogen) atoms. The van der Waals surface area contributed by atoms with Crippen molar-refractivity contribution in [3.8, 4) is 11.5 Å². The van der Waals surface area contributed by atoms with Crippen molar-refractivity contribution in [2.45, 2.75) is 27.7 Å². The highest BCUT2D eigenvalue weighted by atomic mass is 79.9. The predicted molar refractivity (Wildman–Crippen MR) is 89.6 cm³/mol. The van der Waals surface area contributed by atoms with Crippen LogP contribution in [0.15, 0.2) is 36.4 Å². The summed E-state index contributed by atoms with van der Waals surface area (Å²) in [5, 5.41) is 0. The minimum atomic E-state index is -3.43. The molecule has 0 spiro atoms. The van der Waals surface area contributed by atoms with Crippen LogP contribution < -0.4 is 9.05 Å². The van der Waals surface area contributed by atoms with Gasteiger partial charge in [0.2, 0.25) is 0 Å². The fourth-order valence-electron chi connectivity index (χ4n) is 2.12. The monoisotopic (exact) mass is 368 g/mol. The maximum Gasteiger partial charge on any atom is 0.498 e. The summed E-state index contributed by atoms with van der Waals surface area (Å²) in [5.41, 5.74) is 3.67. The molecule has 0 saturated heterocycles. The maximum absolute atomic E-state index is 12.6. The first-order chi connectivity index (χ1) is 9.80. The molecule has 5 heteroatoms. The Hall–Kier alpha value is -1.25. The highest BCUT2D eigenvalue weighted by molar-refractivity contribution is 9.39. The van der Waals surface area contributed by atoms with E-state index in [1.54, 1.807) is 0 Å². The molecular weight excluding hydrogens is 351 g/mol. The molecule has 0 aromatic heterocycles. The van der Waals surface area contributed by atoms with Crippen LogP contribution in [0.1, 0.15) is 22.3 Å². The number of rotatable bonds is 4. The summed E-state index contributed by atoms with van der Waals surface area (Å²) in [6, 6.07) is 11.5. The van der Waals surface area contributed by atoms with Crippen molar-refractivity contribution in [2.24, 2.45) is 0 Å². The third-order valence-corrected chi connectivity index (χ3v) is 4.89. The molecule has 0 aliphatic carbocycles. The van der Waals surface area contributed by atoms with Crippen LogP contribution in [0.2, 0.25) is 0 Å². The fourth-order valence-corrected chi connectivity index (χ4v) is 4.04. The van der Waals surface area contributed by atoms with E-state index in [0.29, 0.717) is 11.5 Å². The number of hydrogen-bond donors (Lipinski definition) is 0. The fraction of sp³-hybridized carbons (Fsp3) is 0.250. The smallest absolute Gasteiger partial charge is 0.408 e. The molecule has 0 atom stereocenters. The number of benzene rings is 2. The van der Waals surface area contributed by atoms with Crippen molar-refractivity contribution in [3.05, 3.63) is 58.7 Å². The molecule has 0 aliphatic heterocycles. The number of aryl methyl sites for hydroxylation is 4. The van der Waals surface area contributed by atoms with Gasteiger partial charge in [0.15, 0.2) is 0 Å². The number of halogens is 1. The SMILES string of the molecule is Cc1cccc(C)c1OP(=O)(Br)Oc1c(C)cccc1C. The van der Waals surface area contributed by atoms with E-state index in [4.69, 9.17) is 9.05 Å². The Labute approximate surface area is 133 Å². The Morgan fingerprint density at radius 1 is 0.762 bits per heavy atom. The molecule has 0 aliphatic rings. The predicted octanol–water partition coefficient (Wildman–Crippen LogP) is 5.88. The largest absolute Gasteiger partial charge is 0.498 e. The van der Waals surface area contributed by atoms with Crippen molar-refractivity contribution in [3.63, 3.8) is 0 Å². The van der Waals surface area contributed by atoms with E-state index >= 15 is 0 Å². The zero-order valence-corrected chi connectivity index (χ0v) is 15.0. The molecule has 0 unspecified atom stereocenters. The van der Waals surface area contributed by atoms with Crippen molar-refractivity contribution >= 4 is 21.8 Å². The van der Waals surface area contributed by atoms with E-state index in [2.05, 4.69) is 15.5 Å². The lowest BCUT2D eigenvalue weighted by atomic mass is 10.1. The molecule has 2 rings (SSSR count). The third-order valence-electron chi connectivity index (χ3n) is 3.22. The van der Waals surface area contributed by atoms with E-state index in [1.807, 2.05) is 64.1 Å². The van der Waals surface area contributed by atoms with Crippen LogP contribution in [0.5, 0.6) is 11.5 Å². The van der Waals surface area contributed by atoms with Crippen molar-refractivity contribution in [2.75, 3.05) is 0 Å². The van der Waals surface area contributed by atoms with E-state index in [1.165, 1.54) is 0 Å². The van der Waals surface area contributed by atoms with Gasteiger partial charge in [0.25, 0.3) is 0 Å². The van der Waals surface area contributed by atoms with Gasteiger partial charge in [-0.1, -0.05) is 36.4 Å². The molecule has 2 aromatic carbocycles. The second-order valence-corrected chi connectivity index (χ2v) is 8.89. The average Bonchev–Trinajstić information content (AvgIpc) is 2.39. The van der Waals surface area contributed by atoms with Crippen LogP contribution >= 0.6 is 21.8 Å². The van der Waals surface area contributed by atoms with Crippen molar-refractivity contribution < 1.29 is 13.6 Å². The highest BCUT2D eigenvalue weighted by Crippen LogP contribution is 2.57. The van der Waals surface area contributed by atoms with Crippen LogP contribution in [-0.2, 0) is 4.57 Å². The van der Waals surface area contributed by atoms with E-state index in [0.717, 1.165) is 22.3 Å². The van der Waals surface area contributed by atoms with Gasteiger partial charge in [0.1, 0.15) is 11.5 Å². The van der Waals surface area contributed by atoms with Crippen LogP contribution in [0.4, 0.5) is 0 Å². The second-order valence-electron chi connectivity index (χ2n) is 5.06. The normalized spacial score (nSPS) is 11.3. The van der Waals surface area contributed by atoms with Gasteiger partial charge in [-0.25, -0.2) is 4.57 Å². The highest BCUT2D eigenvalue weighted by Gasteiger charge is 2.26. The Morgan fingerprint density at radius 3 is 1.33 bits per heavy atom. The molecule has 0 radical (unpaired) electrons. The summed E-state index contributed by atoms with van der Waals surface area (Å²) in [6.07, 6.45) is -3.43. The van der Waals surface area contributed by atoms with Gasteiger partial charge in [-0.2, -0.15) is 0 Å². The summed E-state index contributed by atoms with van der Waals surface area (Å²) in [4.78, 5) is 0. The molecule has 0 N–H and O–H groups in total. The van der Waals surface area contributed by atoms with Gasteiger partial charge in [-0.05, 0) is 49.9 Å². The summed E-state index contributed by atoms with van der Waals surface area (Å²) in [5.74, 6) is 1.17. The van der Waals surface area contributed by atoms with Gasteiger partial charge in [-0.3, -0.25) is 0 Å². The lowest BCUT2D eigenvalue weighted by Crippen LogP contribution is -2.00. The first kappa shape index (κ1) is 16.1. The van der Waals surface area contributed by atoms with Gasteiger partial charge in [0.05, 0.1) is 15.5 Å². The average molecular weight is 369 g/mol.